The molecule has 1 unspecified atom stereocenters. The predicted molar refractivity (Wildman–Crippen MR) is 65.8 cm³/mol. The third-order valence-electron chi connectivity index (χ3n) is 3.86. The molecule has 1 saturated carbocycles. The second-order valence-corrected chi connectivity index (χ2v) is 4.88. The normalized spacial score (nSPS) is 19.9. The van der Waals surface area contributed by atoms with E-state index in [1.54, 1.807) is 13.3 Å². The van der Waals surface area contributed by atoms with E-state index in [-0.39, 0.29) is 5.60 Å². The third-order valence-corrected chi connectivity index (χ3v) is 3.86. The lowest BCUT2D eigenvalue weighted by Crippen LogP contribution is -2.51. The minimum absolute atomic E-state index is 0.316. The van der Waals surface area contributed by atoms with Gasteiger partial charge in [-0.05, 0) is 25.7 Å². The second kappa shape index (κ2) is 5.19. The molecule has 1 atom stereocenters. The van der Waals surface area contributed by atoms with Crippen LogP contribution in [0.25, 0.3) is 0 Å². The van der Waals surface area contributed by atoms with Crippen molar-refractivity contribution in [1.29, 1.82) is 0 Å². The first kappa shape index (κ1) is 12.6. The molecule has 0 spiro atoms. The van der Waals surface area contributed by atoms with Crippen LogP contribution in [-0.2, 0) is 17.7 Å². The van der Waals surface area contributed by atoms with Gasteiger partial charge in [-0.2, -0.15) is 0 Å². The molecule has 17 heavy (non-hydrogen) atoms. The SMILES string of the molecule is CCCn1ccnc1CC(O)C1(OC)CCC1. The zero-order chi connectivity index (χ0) is 12.3. The molecule has 96 valence electrons. The molecular weight excluding hydrogens is 216 g/mol. The molecule has 2 rings (SSSR count). The van der Waals surface area contributed by atoms with Crippen LogP contribution in [0, 0.1) is 0 Å². The summed E-state index contributed by atoms with van der Waals surface area (Å²) >= 11 is 0. The first-order chi connectivity index (χ1) is 8.22. The molecule has 1 aromatic rings. The van der Waals surface area contributed by atoms with Crippen molar-refractivity contribution in [3.63, 3.8) is 0 Å². The molecule has 4 heteroatoms. The fraction of sp³-hybridized carbons (Fsp3) is 0.769. The van der Waals surface area contributed by atoms with Gasteiger partial charge in [0.25, 0.3) is 0 Å². The molecule has 0 aliphatic heterocycles. The van der Waals surface area contributed by atoms with Gasteiger partial charge in [-0.3, -0.25) is 0 Å². The van der Waals surface area contributed by atoms with Crippen molar-refractivity contribution in [3.8, 4) is 0 Å². The monoisotopic (exact) mass is 238 g/mol. The summed E-state index contributed by atoms with van der Waals surface area (Å²) < 4.78 is 7.61. The second-order valence-electron chi connectivity index (χ2n) is 4.88. The van der Waals surface area contributed by atoms with Crippen molar-refractivity contribution in [2.75, 3.05) is 7.11 Å². The van der Waals surface area contributed by atoms with E-state index in [0.29, 0.717) is 6.42 Å². The predicted octanol–water partition coefficient (Wildman–Crippen LogP) is 1.77. The van der Waals surface area contributed by atoms with Crippen LogP contribution in [0.3, 0.4) is 0 Å². The standard InChI is InChI=1S/C13H22N2O2/c1-3-8-15-9-7-14-12(15)10-11(16)13(17-2)5-4-6-13/h7,9,11,16H,3-6,8,10H2,1-2H3. The van der Waals surface area contributed by atoms with E-state index in [1.165, 1.54) is 0 Å². The van der Waals surface area contributed by atoms with Crippen LogP contribution in [-0.4, -0.2) is 33.5 Å². The fourth-order valence-corrected chi connectivity index (χ4v) is 2.53. The topological polar surface area (TPSA) is 47.3 Å². The molecule has 1 fully saturated rings. The molecule has 1 aromatic heterocycles. The van der Waals surface area contributed by atoms with E-state index in [1.807, 2.05) is 6.20 Å². The summed E-state index contributed by atoms with van der Waals surface area (Å²) in [5.74, 6) is 0.961. The van der Waals surface area contributed by atoms with Gasteiger partial charge >= 0.3 is 0 Å². The molecule has 4 nitrogen and oxygen atoms in total. The van der Waals surface area contributed by atoms with Gasteiger partial charge in [0.1, 0.15) is 5.82 Å². The number of hydrogen-bond donors (Lipinski definition) is 1. The number of nitrogens with zero attached hydrogens (tertiary/aromatic N) is 2. The molecule has 0 aromatic carbocycles. The number of aryl methyl sites for hydroxylation is 1. The number of aliphatic hydroxyl groups excluding tert-OH is 1. The Balaban J connectivity index is 2.02. The first-order valence-electron chi connectivity index (χ1n) is 6.45. The highest BCUT2D eigenvalue weighted by Crippen LogP contribution is 2.38. The largest absolute Gasteiger partial charge is 0.390 e. The average molecular weight is 238 g/mol. The maximum atomic E-state index is 10.3. The Bertz CT molecular complexity index is 353. The van der Waals surface area contributed by atoms with Crippen molar-refractivity contribution in [3.05, 3.63) is 18.2 Å². The zero-order valence-electron chi connectivity index (χ0n) is 10.7. The maximum Gasteiger partial charge on any atom is 0.111 e. The highest BCUT2D eigenvalue weighted by molar-refractivity contribution is 5.02. The molecule has 0 bridgehead atoms. The number of methoxy groups -OCH3 is 1. The summed E-state index contributed by atoms with van der Waals surface area (Å²) in [5.41, 5.74) is -0.316. The quantitative estimate of drug-likeness (QED) is 0.821. The van der Waals surface area contributed by atoms with Crippen molar-refractivity contribution < 1.29 is 9.84 Å². The molecule has 1 aliphatic carbocycles. The third kappa shape index (κ3) is 2.38. The van der Waals surface area contributed by atoms with Crippen LogP contribution in [0.1, 0.15) is 38.4 Å². The van der Waals surface area contributed by atoms with Crippen LogP contribution >= 0.6 is 0 Å². The van der Waals surface area contributed by atoms with Gasteiger partial charge in [-0.25, -0.2) is 4.98 Å². The van der Waals surface area contributed by atoms with E-state index in [0.717, 1.165) is 38.1 Å². The molecule has 1 aliphatic rings. The van der Waals surface area contributed by atoms with Crippen LogP contribution in [0.15, 0.2) is 12.4 Å². The Labute approximate surface area is 103 Å². The van der Waals surface area contributed by atoms with Gasteiger partial charge in [-0.1, -0.05) is 6.92 Å². The summed E-state index contributed by atoms with van der Waals surface area (Å²) in [6.45, 7) is 3.10. The van der Waals surface area contributed by atoms with Crippen molar-refractivity contribution >= 4 is 0 Å². The summed E-state index contributed by atoms with van der Waals surface area (Å²) in [7, 11) is 1.70. The van der Waals surface area contributed by atoms with Gasteiger partial charge in [0.2, 0.25) is 0 Å². The highest BCUT2D eigenvalue weighted by atomic mass is 16.5. The van der Waals surface area contributed by atoms with E-state index < -0.39 is 6.10 Å². The highest BCUT2D eigenvalue weighted by Gasteiger charge is 2.44. The molecule has 0 amide bonds. The Hall–Kier alpha value is -0.870. The minimum atomic E-state index is -0.445. The number of hydrogen-bond acceptors (Lipinski definition) is 3. The Kier molecular flexibility index (Phi) is 3.84. The summed E-state index contributed by atoms with van der Waals surface area (Å²) in [6.07, 6.45) is 8.06. The number of aliphatic hydroxyl groups is 1. The lowest BCUT2D eigenvalue weighted by Gasteiger charge is -2.44. The lowest BCUT2D eigenvalue weighted by molar-refractivity contribution is -0.149. The number of ether oxygens (including phenoxy) is 1. The lowest BCUT2D eigenvalue weighted by atomic mass is 9.74. The molecule has 1 N–H and O–H groups in total. The van der Waals surface area contributed by atoms with Crippen molar-refractivity contribution in [2.24, 2.45) is 0 Å². The van der Waals surface area contributed by atoms with Crippen LogP contribution in [0.5, 0.6) is 0 Å². The van der Waals surface area contributed by atoms with Gasteiger partial charge in [0, 0.05) is 32.5 Å². The zero-order valence-corrected chi connectivity index (χ0v) is 10.7. The molecular formula is C13H22N2O2. The van der Waals surface area contributed by atoms with E-state index in [9.17, 15) is 5.11 Å². The number of rotatable bonds is 6. The van der Waals surface area contributed by atoms with Gasteiger partial charge in [-0.15, -0.1) is 0 Å². The average Bonchev–Trinajstić information content (AvgIpc) is 2.66. The Morgan fingerprint density at radius 1 is 1.59 bits per heavy atom. The van der Waals surface area contributed by atoms with Gasteiger partial charge in [0.15, 0.2) is 0 Å². The van der Waals surface area contributed by atoms with Crippen LogP contribution < -0.4 is 0 Å². The Morgan fingerprint density at radius 2 is 2.35 bits per heavy atom. The summed E-state index contributed by atoms with van der Waals surface area (Å²) in [5, 5.41) is 10.3. The first-order valence-corrected chi connectivity index (χ1v) is 6.45. The number of imidazole rings is 1. The van der Waals surface area contributed by atoms with E-state index in [4.69, 9.17) is 4.74 Å². The smallest absolute Gasteiger partial charge is 0.111 e. The summed E-state index contributed by atoms with van der Waals surface area (Å²) in [4.78, 5) is 4.33. The fourth-order valence-electron chi connectivity index (χ4n) is 2.53. The van der Waals surface area contributed by atoms with Crippen LogP contribution in [0.4, 0.5) is 0 Å². The number of aromatic nitrogens is 2. The Morgan fingerprint density at radius 3 is 2.88 bits per heavy atom. The van der Waals surface area contributed by atoms with E-state index >= 15 is 0 Å². The molecule has 0 saturated heterocycles. The van der Waals surface area contributed by atoms with E-state index in [2.05, 4.69) is 16.5 Å². The molecule has 0 radical (unpaired) electrons. The van der Waals surface area contributed by atoms with Crippen molar-refractivity contribution in [2.45, 2.75) is 57.3 Å². The van der Waals surface area contributed by atoms with Gasteiger partial charge in [0.05, 0.1) is 11.7 Å². The molecule has 1 heterocycles. The minimum Gasteiger partial charge on any atom is -0.390 e. The maximum absolute atomic E-state index is 10.3. The van der Waals surface area contributed by atoms with Crippen molar-refractivity contribution in [1.82, 2.24) is 9.55 Å². The van der Waals surface area contributed by atoms with Crippen LogP contribution in [0.2, 0.25) is 0 Å². The van der Waals surface area contributed by atoms with Gasteiger partial charge < -0.3 is 14.4 Å². The summed E-state index contributed by atoms with van der Waals surface area (Å²) in [6, 6.07) is 0.